The number of hydrogen-bond acceptors (Lipinski definition) is 8. The number of halogens is 2. The van der Waals surface area contributed by atoms with Crippen LogP contribution in [0.25, 0.3) is 10.9 Å². The summed E-state index contributed by atoms with van der Waals surface area (Å²) in [6.07, 6.45) is 2.43. The van der Waals surface area contributed by atoms with Crippen LogP contribution in [0.1, 0.15) is 12.0 Å². The van der Waals surface area contributed by atoms with Crippen LogP contribution in [0, 0.1) is 11.6 Å². The molecule has 0 atom stereocenters. The monoisotopic (exact) mass is 606 g/mol. The fourth-order valence-electron chi connectivity index (χ4n) is 5.00. The largest absolute Gasteiger partial charge is 0.489 e. The molecule has 2 amide bonds. The molecule has 10 nitrogen and oxygen atoms in total. The number of amides is 2. The zero-order chi connectivity index (χ0) is 30.3. The number of carbonyl (C=O) groups excluding carboxylic acids is 1. The van der Waals surface area contributed by atoms with Crippen molar-refractivity contribution in [2.75, 3.05) is 58.0 Å². The maximum absolute atomic E-state index is 15.0. The first-order chi connectivity index (χ1) is 21.5. The Bertz CT molecular complexity index is 1620. The number of urea groups is 1. The second-order valence-corrected chi connectivity index (χ2v) is 10.3. The Morgan fingerprint density at radius 3 is 2.52 bits per heavy atom. The highest BCUT2D eigenvalue weighted by Gasteiger charge is 2.25. The van der Waals surface area contributed by atoms with Gasteiger partial charge < -0.3 is 34.3 Å². The molecule has 0 radical (unpaired) electrons. The Morgan fingerprint density at radius 1 is 0.932 bits per heavy atom. The van der Waals surface area contributed by atoms with Gasteiger partial charge in [-0.05, 0) is 42.3 Å². The van der Waals surface area contributed by atoms with Gasteiger partial charge in [-0.15, -0.1) is 0 Å². The number of nitrogens with one attached hydrogen (secondary N) is 2. The lowest BCUT2D eigenvalue weighted by atomic mass is 10.1. The van der Waals surface area contributed by atoms with E-state index in [0.29, 0.717) is 59.3 Å². The molecule has 6 rings (SSSR count). The molecule has 2 N–H and O–H groups in total. The van der Waals surface area contributed by atoms with Gasteiger partial charge in [-0.2, -0.15) is 0 Å². The van der Waals surface area contributed by atoms with Crippen molar-refractivity contribution in [3.63, 3.8) is 0 Å². The normalized spacial score (nSPS) is 14.7. The van der Waals surface area contributed by atoms with Crippen molar-refractivity contribution in [2.24, 2.45) is 0 Å². The van der Waals surface area contributed by atoms with Crippen LogP contribution in [0.3, 0.4) is 0 Å². The first-order valence-corrected chi connectivity index (χ1v) is 14.4. The number of morpholine rings is 1. The summed E-state index contributed by atoms with van der Waals surface area (Å²) in [6.45, 7) is 5.64. The van der Waals surface area contributed by atoms with Gasteiger partial charge in [0, 0.05) is 44.5 Å². The minimum Gasteiger partial charge on any atom is -0.489 e. The zero-order valence-electron chi connectivity index (χ0n) is 23.9. The SMILES string of the molecule is O=C(NCc1ccc(F)cc1)Nc1ccc(Oc2ccnc3cc(OCCCN4CCOCC4)c4c(c23)OCCO4)cc1F. The number of pyridine rings is 1. The zero-order valence-corrected chi connectivity index (χ0v) is 23.9. The van der Waals surface area contributed by atoms with Crippen molar-refractivity contribution < 1.29 is 37.3 Å². The summed E-state index contributed by atoms with van der Waals surface area (Å²) >= 11 is 0. The highest BCUT2D eigenvalue weighted by Crippen LogP contribution is 2.48. The lowest BCUT2D eigenvalue weighted by Crippen LogP contribution is -2.37. The number of anilines is 1. The van der Waals surface area contributed by atoms with Crippen LogP contribution in [-0.4, -0.2) is 68.6 Å². The minimum atomic E-state index is -0.688. The molecule has 3 heterocycles. The Hall–Kier alpha value is -4.68. The third kappa shape index (κ3) is 7.09. The van der Waals surface area contributed by atoms with Gasteiger partial charge in [0.15, 0.2) is 11.5 Å². The number of ether oxygens (including phenoxy) is 5. The summed E-state index contributed by atoms with van der Waals surface area (Å²) in [7, 11) is 0. The van der Waals surface area contributed by atoms with Crippen LogP contribution in [0.15, 0.2) is 60.8 Å². The molecule has 0 unspecified atom stereocenters. The first-order valence-electron chi connectivity index (χ1n) is 14.4. The fourth-order valence-corrected chi connectivity index (χ4v) is 5.00. The molecule has 44 heavy (non-hydrogen) atoms. The number of fused-ring (bicyclic) bond motifs is 3. The number of rotatable bonds is 10. The Balaban J connectivity index is 1.13. The Morgan fingerprint density at radius 2 is 1.73 bits per heavy atom. The molecular formula is C32H32F2N4O6. The van der Waals surface area contributed by atoms with Crippen molar-refractivity contribution in [3.05, 3.63) is 78.0 Å². The third-order valence-corrected chi connectivity index (χ3v) is 7.21. The number of nitrogens with zero attached hydrogens (tertiary/aromatic N) is 2. The summed E-state index contributed by atoms with van der Waals surface area (Å²) in [5.74, 6) is 1.02. The predicted molar refractivity (Wildman–Crippen MR) is 159 cm³/mol. The smallest absolute Gasteiger partial charge is 0.319 e. The lowest BCUT2D eigenvalue weighted by Gasteiger charge is -2.26. The van der Waals surface area contributed by atoms with Crippen LogP contribution < -0.4 is 29.6 Å². The second-order valence-electron chi connectivity index (χ2n) is 10.3. The van der Waals surface area contributed by atoms with Gasteiger partial charge in [0.25, 0.3) is 0 Å². The maximum Gasteiger partial charge on any atom is 0.319 e. The average Bonchev–Trinajstić information content (AvgIpc) is 3.04. The predicted octanol–water partition coefficient (Wildman–Crippen LogP) is 5.50. The van der Waals surface area contributed by atoms with Crippen LogP contribution in [0.4, 0.5) is 19.3 Å². The molecule has 1 aromatic heterocycles. The van der Waals surface area contributed by atoms with Gasteiger partial charge in [-0.25, -0.2) is 13.6 Å². The van der Waals surface area contributed by atoms with Crippen LogP contribution in [0.2, 0.25) is 0 Å². The van der Waals surface area contributed by atoms with Crippen molar-refractivity contribution >= 4 is 22.6 Å². The number of hydrogen-bond donors (Lipinski definition) is 2. The highest BCUT2D eigenvalue weighted by molar-refractivity contribution is 5.95. The van der Waals surface area contributed by atoms with Crippen molar-refractivity contribution in [1.82, 2.24) is 15.2 Å². The van der Waals surface area contributed by atoms with E-state index >= 15 is 0 Å². The van der Waals surface area contributed by atoms with E-state index in [2.05, 4.69) is 20.5 Å². The number of aromatic nitrogens is 1. The quantitative estimate of drug-likeness (QED) is 0.228. The van der Waals surface area contributed by atoms with E-state index < -0.39 is 11.8 Å². The van der Waals surface area contributed by atoms with E-state index in [1.807, 2.05) is 0 Å². The van der Waals surface area contributed by atoms with Gasteiger partial charge in [0.1, 0.15) is 36.3 Å². The van der Waals surface area contributed by atoms with E-state index in [1.165, 1.54) is 24.3 Å². The van der Waals surface area contributed by atoms with Crippen molar-refractivity contribution in [2.45, 2.75) is 13.0 Å². The molecule has 2 aliphatic heterocycles. The molecule has 0 saturated carbocycles. The second kappa shape index (κ2) is 13.7. The van der Waals surface area contributed by atoms with Gasteiger partial charge in [0.05, 0.1) is 36.4 Å². The topological polar surface area (TPSA) is 103 Å². The van der Waals surface area contributed by atoms with Crippen LogP contribution in [-0.2, 0) is 11.3 Å². The lowest BCUT2D eigenvalue weighted by molar-refractivity contribution is 0.0357. The van der Waals surface area contributed by atoms with E-state index in [0.717, 1.165) is 39.3 Å². The summed E-state index contributed by atoms with van der Waals surface area (Å²) in [5, 5.41) is 5.66. The van der Waals surface area contributed by atoms with Crippen LogP contribution in [0.5, 0.6) is 28.7 Å². The molecule has 4 aromatic rings. The molecule has 0 spiro atoms. The molecule has 2 aliphatic rings. The molecule has 0 bridgehead atoms. The molecule has 1 fully saturated rings. The molecule has 230 valence electrons. The summed E-state index contributed by atoms with van der Waals surface area (Å²) in [5.41, 5.74) is 1.25. The van der Waals surface area contributed by atoms with E-state index in [-0.39, 0.29) is 23.8 Å². The number of benzene rings is 3. The van der Waals surface area contributed by atoms with Gasteiger partial charge in [0.2, 0.25) is 5.75 Å². The minimum absolute atomic E-state index is 0.0296. The van der Waals surface area contributed by atoms with Crippen molar-refractivity contribution in [1.29, 1.82) is 0 Å². The molecule has 1 saturated heterocycles. The summed E-state index contributed by atoms with van der Waals surface area (Å²) in [6, 6.07) is 12.7. The van der Waals surface area contributed by atoms with Crippen LogP contribution >= 0.6 is 0 Å². The molecule has 3 aromatic carbocycles. The van der Waals surface area contributed by atoms with Gasteiger partial charge in [-0.3, -0.25) is 9.88 Å². The summed E-state index contributed by atoms with van der Waals surface area (Å²) in [4.78, 5) is 19.2. The average molecular weight is 607 g/mol. The standard InChI is InChI=1S/C32H32F2N4O6/c33-22-4-2-21(3-5-22)20-36-32(39)37-25-7-6-23(18-24(25)34)44-27-8-9-35-26-19-28(30-31(29(26)27)43-17-16-42-30)41-13-1-10-38-11-14-40-15-12-38/h2-9,18-19H,1,10-17,20H2,(H2,36,37,39). The number of carbonyl (C=O) groups is 1. The molecular weight excluding hydrogens is 574 g/mol. The summed E-state index contributed by atoms with van der Waals surface area (Å²) < 4.78 is 57.6. The first kappa shape index (κ1) is 29.4. The highest BCUT2D eigenvalue weighted by atomic mass is 19.1. The van der Waals surface area contributed by atoms with E-state index in [4.69, 9.17) is 23.7 Å². The van der Waals surface area contributed by atoms with Gasteiger partial charge in [-0.1, -0.05) is 12.1 Å². The molecule has 0 aliphatic carbocycles. The van der Waals surface area contributed by atoms with Gasteiger partial charge >= 0.3 is 6.03 Å². The molecule has 12 heteroatoms. The Labute approximate surface area is 252 Å². The van der Waals surface area contributed by atoms with E-state index in [9.17, 15) is 13.6 Å². The van der Waals surface area contributed by atoms with Crippen molar-refractivity contribution in [3.8, 4) is 28.7 Å². The maximum atomic E-state index is 15.0. The third-order valence-electron chi connectivity index (χ3n) is 7.21. The fraction of sp³-hybridized carbons (Fsp3) is 0.312. The Kier molecular flexibility index (Phi) is 9.18. The van der Waals surface area contributed by atoms with E-state index in [1.54, 1.807) is 36.5 Å².